The summed E-state index contributed by atoms with van der Waals surface area (Å²) in [5, 5.41) is 3.89. The zero-order valence-corrected chi connectivity index (χ0v) is 11.4. The first-order chi connectivity index (χ1) is 9.29. The zero-order chi connectivity index (χ0) is 13.5. The van der Waals surface area contributed by atoms with Crippen molar-refractivity contribution in [1.29, 1.82) is 0 Å². The first-order valence-electron chi connectivity index (χ1n) is 6.28. The van der Waals surface area contributed by atoms with Crippen molar-refractivity contribution in [1.82, 2.24) is 9.97 Å². The van der Waals surface area contributed by atoms with Crippen LogP contribution in [0.15, 0.2) is 36.7 Å². The molecule has 2 rings (SSSR count). The van der Waals surface area contributed by atoms with Gasteiger partial charge in [0.25, 0.3) is 0 Å². The maximum absolute atomic E-state index is 6.12. The lowest BCUT2D eigenvalue weighted by Gasteiger charge is -2.06. The molecule has 0 aliphatic heterocycles. The van der Waals surface area contributed by atoms with Crippen molar-refractivity contribution in [3.63, 3.8) is 0 Å². The number of anilines is 1. The van der Waals surface area contributed by atoms with E-state index >= 15 is 0 Å². The Balaban J connectivity index is 1.97. The summed E-state index contributed by atoms with van der Waals surface area (Å²) >= 11 is 6.12. The first-order valence-corrected chi connectivity index (χ1v) is 6.65. The molecule has 100 valence electrons. The molecule has 1 aromatic carbocycles. The minimum atomic E-state index is 0.636. The van der Waals surface area contributed by atoms with E-state index in [9.17, 15) is 0 Å². The summed E-state index contributed by atoms with van der Waals surface area (Å²) in [7, 11) is 0. The third kappa shape index (κ3) is 4.19. The highest BCUT2D eigenvalue weighted by atomic mass is 35.5. The molecule has 0 atom stereocenters. The number of nitrogens with two attached hydrogens (primary N) is 1. The second-order valence-corrected chi connectivity index (χ2v) is 4.66. The van der Waals surface area contributed by atoms with Crippen LogP contribution in [0.2, 0.25) is 5.02 Å². The Morgan fingerprint density at radius 1 is 1.16 bits per heavy atom. The molecule has 3 N–H and O–H groups in total. The third-order valence-corrected chi connectivity index (χ3v) is 3.09. The van der Waals surface area contributed by atoms with Crippen molar-refractivity contribution in [2.24, 2.45) is 5.73 Å². The fraction of sp³-hybridized carbons (Fsp3) is 0.286. The molecule has 5 heteroatoms. The van der Waals surface area contributed by atoms with Gasteiger partial charge in [0.1, 0.15) is 0 Å². The second kappa shape index (κ2) is 7.07. The monoisotopic (exact) mass is 276 g/mol. The van der Waals surface area contributed by atoms with Gasteiger partial charge < -0.3 is 11.1 Å². The Hall–Kier alpha value is -1.65. The van der Waals surface area contributed by atoms with Crippen LogP contribution < -0.4 is 11.1 Å². The lowest BCUT2D eigenvalue weighted by Crippen LogP contribution is -2.10. The van der Waals surface area contributed by atoms with Crippen LogP contribution in [0.3, 0.4) is 0 Å². The molecule has 0 radical (unpaired) electrons. The topological polar surface area (TPSA) is 63.8 Å². The lowest BCUT2D eigenvalue weighted by molar-refractivity contribution is 0.862. The van der Waals surface area contributed by atoms with Crippen LogP contribution in [0.5, 0.6) is 0 Å². The predicted molar refractivity (Wildman–Crippen MR) is 78.5 cm³/mol. The summed E-state index contributed by atoms with van der Waals surface area (Å²) in [4.78, 5) is 8.54. The highest BCUT2D eigenvalue weighted by molar-refractivity contribution is 6.31. The van der Waals surface area contributed by atoms with Gasteiger partial charge in [-0.1, -0.05) is 29.8 Å². The van der Waals surface area contributed by atoms with Crippen LogP contribution in [0.1, 0.15) is 17.5 Å². The second-order valence-electron chi connectivity index (χ2n) is 4.25. The molecule has 0 saturated heterocycles. The smallest absolute Gasteiger partial charge is 0.222 e. The van der Waals surface area contributed by atoms with E-state index in [2.05, 4.69) is 15.3 Å². The molecule has 2 aromatic rings. The van der Waals surface area contributed by atoms with E-state index in [1.54, 1.807) is 0 Å². The van der Waals surface area contributed by atoms with Crippen molar-refractivity contribution in [3.05, 3.63) is 52.8 Å². The number of rotatable bonds is 6. The number of hydrogen-bond acceptors (Lipinski definition) is 4. The van der Waals surface area contributed by atoms with Gasteiger partial charge in [-0.15, -0.1) is 0 Å². The molecule has 0 aliphatic carbocycles. The largest absolute Gasteiger partial charge is 0.354 e. The number of benzene rings is 1. The van der Waals surface area contributed by atoms with Gasteiger partial charge in [0.05, 0.1) is 0 Å². The minimum Gasteiger partial charge on any atom is -0.354 e. The standard InChI is InChI=1S/C14H17ClN4/c15-13-5-2-1-4-12(13)8-11-9-18-14(19-10-11)17-7-3-6-16/h1-2,4-5,9-10H,3,6-8,16H2,(H,17,18,19). The molecule has 0 bridgehead atoms. The van der Waals surface area contributed by atoms with E-state index in [0.29, 0.717) is 12.5 Å². The van der Waals surface area contributed by atoms with E-state index < -0.39 is 0 Å². The van der Waals surface area contributed by atoms with E-state index in [1.165, 1.54) is 0 Å². The SMILES string of the molecule is NCCCNc1ncc(Cc2ccccc2Cl)cn1. The van der Waals surface area contributed by atoms with Gasteiger partial charge in [-0.3, -0.25) is 0 Å². The van der Waals surface area contributed by atoms with Gasteiger partial charge in [-0.25, -0.2) is 9.97 Å². The van der Waals surface area contributed by atoms with E-state index in [1.807, 2.05) is 36.7 Å². The van der Waals surface area contributed by atoms with Crippen molar-refractivity contribution in [2.45, 2.75) is 12.8 Å². The maximum Gasteiger partial charge on any atom is 0.222 e. The van der Waals surface area contributed by atoms with Crippen LogP contribution in [0.25, 0.3) is 0 Å². The average Bonchev–Trinajstić information content (AvgIpc) is 2.44. The molecule has 4 nitrogen and oxygen atoms in total. The lowest BCUT2D eigenvalue weighted by atomic mass is 10.1. The van der Waals surface area contributed by atoms with Crippen LogP contribution in [0, 0.1) is 0 Å². The Labute approximate surface area is 118 Å². The van der Waals surface area contributed by atoms with Gasteiger partial charge in [0, 0.05) is 30.4 Å². The van der Waals surface area contributed by atoms with Gasteiger partial charge in [-0.05, 0) is 30.2 Å². The van der Waals surface area contributed by atoms with Gasteiger partial charge in [-0.2, -0.15) is 0 Å². The van der Waals surface area contributed by atoms with Gasteiger partial charge >= 0.3 is 0 Å². The highest BCUT2D eigenvalue weighted by Gasteiger charge is 2.02. The van der Waals surface area contributed by atoms with E-state index in [-0.39, 0.29) is 0 Å². The molecular formula is C14H17ClN4. The van der Waals surface area contributed by atoms with Gasteiger partial charge in [0.15, 0.2) is 0 Å². The van der Waals surface area contributed by atoms with Crippen molar-refractivity contribution < 1.29 is 0 Å². The van der Waals surface area contributed by atoms with Crippen LogP contribution >= 0.6 is 11.6 Å². The summed E-state index contributed by atoms with van der Waals surface area (Å²) in [6.07, 6.45) is 5.29. The molecule has 0 spiro atoms. The normalized spacial score (nSPS) is 10.4. The Kier molecular flexibility index (Phi) is 5.12. The summed E-state index contributed by atoms with van der Waals surface area (Å²) in [5.74, 6) is 0.636. The Bertz CT molecular complexity index is 513. The Morgan fingerprint density at radius 2 is 1.89 bits per heavy atom. The van der Waals surface area contributed by atoms with Gasteiger partial charge in [0.2, 0.25) is 5.95 Å². The van der Waals surface area contributed by atoms with Crippen LogP contribution in [-0.4, -0.2) is 23.1 Å². The molecule has 0 aliphatic rings. The minimum absolute atomic E-state index is 0.636. The molecular weight excluding hydrogens is 260 g/mol. The Morgan fingerprint density at radius 3 is 2.58 bits per heavy atom. The number of halogens is 1. The molecule has 0 amide bonds. The number of aromatic nitrogens is 2. The summed E-state index contributed by atoms with van der Waals surface area (Å²) < 4.78 is 0. The highest BCUT2D eigenvalue weighted by Crippen LogP contribution is 2.18. The summed E-state index contributed by atoms with van der Waals surface area (Å²) in [6.45, 7) is 1.46. The third-order valence-electron chi connectivity index (χ3n) is 2.72. The van der Waals surface area contributed by atoms with E-state index in [0.717, 1.165) is 35.5 Å². The average molecular weight is 277 g/mol. The molecule has 1 aromatic heterocycles. The summed E-state index contributed by atoms with van der Waals surface area (Å²) in [5.41, 5.74) is 7.54. The van der Waals surface area contributed by atoms with Crippen LogP contribution in [-0.2, 0) is 6.42 Å². The summed E-state index contributed by atoms with van der Waals surface area (Å²) in [6, 6.07) is 7.80. The zero-order valence-electron chi connectivity index (χ0n) is 10.6. The maximum atomic E-state index is 6.12. The van der Waals surface area contributed by atoms with Crippen molar-refractivity contribution in [2.75, 3.05) is 18.4 Å². The fourth-order valence-corrected chi connectivity index (χ4v) is 1.90. The molecule has 19 heavy (non-hydrogen) atoms. The number of nitrogens with one attached hydrogen (secondary N) is 1. The molecule has 0 fully saturated rings. The molecule has 0 unspecified atom stereocenters. The number of hydrogen-bond donors (Lipinski definition) is 2. The van der Waals surface area contributed by atoms with E-state index in [4.69, 9.17) is 17.3 Å². The fourth-order valence-electron chi connectivity index (χ4n) is 1.70. The first kappa shape index (κ1) is 13.8. The molecule has 0 saturated carbocycles. The quantitative estimate of drug-likeness (QED) is 0.796. The van der Waals surface area contributed by atoms with Crippen molar-refractivity contribution >= 4 is 17.5 Å². The predicted octanol–water partition coefficient (Wildman–Crippen LogP) is 2.48. The van der Waals surface area contributed by atoms with Crippen LogP contribution in [0.4, 0.5) is 5.95 Å². The van der Waals surface area contributed by atoms with Crippen molar-refractivity contribution in [3.8, 4) is 0 Å². The molecule has 1 heterocycles. The number of nitrogens with zero attached hydrogens (tertiary/aromatic N) is 2.